The molecule has 1 aliphatic rings. The third-order valence-corrected chi connectivity index (χ3v) is 5.89. The lowest BCUT2D eigenvalue weighted by Crippen LogP contribution is -2.40. The number of carbonyl (C=O) groups excluding carboxylic acids is 2. The topological polar surface area (TPSA) is 97.5 Å². The van der Waals surface area contributed by atoms with Gasteiger partial charge in [-0.05, 0) is 69.9 Å². The Hall–Kier alpha value is -2.65. The summed E-state index contributed by atoms with van der Waals surface area (Å²) in [5, 5.41) is 4.08. The van der Waals surface area contributed by atoms with Gasteiger partial charge in [-0.3, -0.25) is 14.5 Å². The van der Waals surface area contributed by atoms with Gasteiger partial charge in [0.15, 0.2) is 12.1 Å². The van der Waals surface area contributed by atoms with Gasteiger partial charge in [-0.25, -0.2) is 4.98 Å². The molecule has 0 amide bonds. The van der Waals surface area contributed by atoms with Crippen molar-refractivity contribution in [1.29, 1.82) is 0 Å². The van der Waals surface area contributed by atoms with Crippen molar-refractivity contribution in [2.45, 2.75) is 32.4 Å². The largest absolute Gasteiger partial charge is 0.431 e. The molecule has 1 fully saturated rings. The van der Waals surface area contributed by atoms with E-state index in [0.29, 0.717) is 11.2 Å². The maximum absolute atomic E-state index is 9.44. The van der Waals surface area contributed by atoms with E-state index in [1.807, 2.05) is 30.3 Å². The third-order valence-electron chi connectivity index (χ3n) is 4.97. The number of hydrogen-bond donors (Lipinski definition) is 2. The van der Waals surface area contributed by atoms with E-state index in [1.165, 1.54) is 32.4 Å². The summed E-state index contributed by atoms with van der Waals surface area (Å²) in [7, 11) is 3.56. The minimum absolute atomic E-state index is 0.278. The number of nitrogens with two attached hydrogens (primary N) is 1. The molecule has 0 radical (unpaired) electrons. The second-order valence-corrected chi connectivity index (χ2v) is 8.25. The van der Waals surface area contributed by atoms with Crippen LogP contribution in [0.25, 0.3) is 10.2 Å². The van der Waals surface area contributed by atoms with Crippen molar-refractivity contribution in [1.82, 2.24) is 15.2 Å². The van der Waals surface area contributed by atoms with Crippen LogP contribution >= 0.6 is 11.3 Å². The fraction of sp³-hybridized carbons (Fsp3) is 0.375. The van der Waals surface area contributed by atoms with Crippen LogP contribution in [0, 0.1) is 0 Å². The molecule has 1 saturated heterocycles. The average Bonchev–Trinajstić information content (AvgIpc) is 3.25. The van der Waals surface area contributed by atoms with Crippen molar-refractivity contribution in [2.75, 3.05) is 27.2 Å². The highest BCUT2D eigenvalue weighted by Crippen LogP contribution is 2.31. The summed E-state index contributed by atoms with van der Waals surface area (Å²) in [5.41, 5.74) is 6.82. The van der Waals surface area contributed by atoms with E-state index in [1.54, 1.807) is 11.3 Å². The number of nitrogens with zero attached hydrogens (tertiary/aromatic N) is 2. The standard InChI is InChI=1S/C20H23N3OS.C3H4O2.CH5N/c1-21-16-10-12-23(13-11-16)14-15-6-8-17(9-7-15)24-20-22-18-4-2-3-5-19(18)25-20;1-3(5)2-4;1-2/h2-9,16,21H,10-14H2,1H3;2H,1H3;2H2,1H3. The summed E-state index contributed by atoms with van der Waals surface area (Å²) in [6.07, 6.45) is 2.74. The zero-order valence-electron chi connectivity index (χ0n) is 18.9. The number of thiazole rings is 1. The zero-order chi connectivity index (χ0) is 23.3. The quantitative estimate of drug-likeness (QED) is 0.432. The van der Waals surface area contributed by atoms with Crippen LogP contribution in [0.3, 0.4) is 0 Å². The highest BCUT2D eigenvalue weighted by Gasteiger charge is 2.17. The molecule has 0 atom stereocenters. The van der Waals surface area contributed by atoms with Crippen molar-refractivity contribution >= 4 is 33.6 Å². The number of nitrogens with one attached hydrogen (secondary N) is 1. The van der Waals surface area contributed by atoms with Crippen LogP contribution in [0.2, 0.25) is 0 Å². The SMILES string of the molecule is CC(=O)C=O.CN.CNC1CCN(Cc2ccc(Oc3nc4ccccc4s3)cc2)CC1. The van der Waals surface area contributed by atoms with Crippen LogP contribution in [0.1, 0.15) is 25.3 Å². The van der Waals surface area contributed by atoms with Crippen molar-refractivity contribution in [2.24, 2.45) is 5.73 Å². The normalized spacial score (nSPS) is 14.0. The molecule has 3 N–H and O–H groups in total. The summed E-state index contributed by atoms with van der Waals surface area (Å²) >= 11 is 1.58. The average molecular weight is 457 g/mol. The molecule has 2 aromatic carbocycles. The molecule has 3 aromatic rings. The predicted molar refractivity (Wildman–Crippen MR) is 130 cm³/mol. The zero-order valence-corrected chi connectivity index (χ0v) is 19.7. The number of fused-ring (bicyclic) bond motifs is 1. The number of hydrogen-bond acceptors (Lipinski definition) is 8. The van der Waals surface area contributed by atoms with E-state index in [0.717, 1.165) is 35.6 Å². The van der Waals surface area contributed by atoms with Crippen molar-refractivity contribution < 1.29 is 14.3 Å². The van der Waals surface area contributed by atoms with E-state index in [4.69, 9.17) is 9.53 Å². The third kappa shape index (κ3) is 8.12. The number of para-hydroxylation sites is 1. The lowest BCUT2D eigenvalue weighted by molar-refractivity contribution is -0.128. The smallest absolute Gasteiger partial charge is 0.279 e. The number of benzene rings is 2. The van der Waals surface area contributed by atoms with Gasteiger partial charge in [0.2, 0.25) is 0 Å². The summed E-state index contributed by atoms with van der Waals surface area (Å²) in [6, 6.07) is 17.2. The molecule has 1 aliphatic heterocycles. The highest BCUT2D eigenvalue weighted by atomic mass is 32.1. The Labute approximate surface area is 193 Å². The van der Waals surface area contributed by atoms with Crippen molar-refractivity contribution in [3.8, 4) is 10.9 Å². The first-order valence-electron chi connectivity index (χ1n) is 10.6. The van der Waals surface area contributed by atoms with Crippen LogP contribution in [0.5, 0.6) is 10.9 Å². The van der Waals surface area contributed by atoms with Gasteiger partial charge in [0.25, 0.3) is 5.19 Å². The first-order chi connectivity index (χ1) is 15.6. The Bertz CT molecular complexity index is 934. The molecule has 172 valence electrons. The van der Waals surface area contributed by atoms with Crippen LogP contribution < -0.4 is 15.8 Å². The lowest BCUT2D eigenvalue weighted by atomic mass is 10.0. The van der Waals surface area contributed by atoms with E-state index in [-0.39, 0.29) is 6.29 Å². The Morgan fingerprint density at radius 3 is 2.38 bits per heavy atom. The van der Waals surface area contributed by atoms with E-state index in [9.17, 15) is 4.79 Å². The number of piperidine rings is 1. The summed E-state index contributed by atoms with van der Waals surface area (Å²) in [4.78, 5) is 25.6. The number of ketones is 1. The van der Waals surface area contributed by atoms with Gasteiger partial charge >= 0.3 is 0 Å². The molecular formula is C24H32N4O3S. The Kier molecular flexibility index (Phi) is 11.0. The van der Waals surface area contributed by atoms with Gasteiger partial charge in [0.1, 0.15) is 5.75 Å². The Morgan fingerprint density at radius 2 is 1.81 bits per heavy atom. The molecule has 8 heteroatoms. The number of aldehydes is 1. The predicted octanol–water partition coefficient (Wildman–Crippen LogP) is 3.62. The van der Waals surface area contributed by atoms with Gasteiger partial charge in [0.05, 0.1) is 10.2 Å². The minimum Gasteiger partial charge on any atom is -0.431 e. The molecule has 2 heterocycles. The van der Waals surface area contributed by atoms with E-state index >= 15 is 0 Å². The molecule has 1 aromatic heterocycles. The monoisotopic (exact) mass is 456 g/mol. The Morgan fingerprint density at radius 1 is 1.19 bits per heavy atom. The van der Waals surface area contributed by atoms with Crippen LogP contribution in [0.15, 0.2) is 48.5 Å². The fourth-order valence-corrected chi connectivity index (χ4v) is 4.13. The Balaban J connectivity index is 0.000000460. The van der Waals surface area contributed by atoms with E-state index < -0.39 is 5.78 Å². The molecular weight excluding hydrogens is 424 g/mol. The van der Waals surface area contributed by atoms with Gasteiger partial charge in [-0.2, -0.15) is 0 Å². The highest BCUT2D eigenvalue weighted by molar-refractivity contribution is 7.20. The van der Waals surface area contributed by atoms with Crippen molar-refractivity contribution in [3.63, 3.8) is 0 Å². The summed E-state index contributed by atoms with van der Waals surface area (Å²) in [6.45, 7) is 4.55. The van der Waals surface area contributed by atoms with Crippen molar-refractivity contribution in [3.05, 3.63) is 54.1 Å². The number of ether oxygens (including phenoxy) is 1. The molecule has 0 aliphatic carbocycles. The maximum atomic E-state index is 9.44. The first kappa shape index (κ1) is 25.6. The van der Waals surface area contributed by atoms with Gasteiger partial charge < -0.3 is 15.8 Å². The lowest BCUT2D eigenvalue weighted by Gasteiger charge is -2.31. The fourth-order valence-electron chi connectivity index (χ4n) is 3.30. The molecule has 0 spiro atoms. The first-order valence-corrected chi connectivity index (χ1v) is 11.4. The second kappa shape index (κ2) is 13.7. The number of likely N-dealkylation sites (tertiary alicyclic amines) is 1. The number of rotatable bonds is 6. The van der Waals surface area contributed by atoms with Gasteiger partial charge in [-0.1, -0.05) is 35.6 Å². The second-order valence-electron chi connectivity index (χ2n) is 7.26. The van der Waals surface area contributed by atoms with Crippen LogP contribution in [-0.4, -0.2) is 55.2 Å². The molecule has 0 saturated carbocycles. The van der Waals surface area contributed by atoms with Gasteiger partial charge in [-0.15, -0.1) is 0 Å². The molecule has 0 bridgehead atoms. The molecule has 0 unspecified atom stereocenters. The number of carbonyl (C=O) groups is 2. The summed E-state index contributed by atoms with van der Waals surface area (Å²) in [5.74, 6) is 0.418. The number of Topliss-reactive ketones (excluding diaryl/α,β-unsaturated/α-hetero) is 1. The number of aromatic nitrogens is 1. The molecule has 4 rings (SSSR count). The van der Waals surface area contributed by atoms with Gasteiger partial charge in [0, 0.05) is 19.5 Å². The molecule has 32 heavy (non-hydrogen) atoms. The maximum Gasteiger partial charge on any atom is 0.279 e. The van der Waals surface area contributed by atoms with Crippen LogP contribution in [0.4, 0.5) is 0 Å². The molecule has 7 nitrogen and oxygen atoms in total. The summed E-state index contributed by atoms with van der Waals surface area (Å²) < 4.78 is 7.07. The van der Waals surface area contributed by atoms with Crippen LogP contribution in [-0.2, 0) is 16.1 Å². The van der Waals surface area contributed by atoms with E-state index in [2.05, 4.69) is 46.2 Å². The minimum atomic E-state index is -0.426.